The van der Waals surface area contributed by atoms with Gasteiger partial charge in [-0.3, -0.25) is 9.59 Å². The molecule has 6 nitrogen and oxygen atoms in total. The van der Waals surface area contributed by atoms with Crippen LogP contribution in [-0.4, -0.2) is 37.3 Å². The minimum atomic E-state index is -0.609. The highest BCUT2D eigenvalue weighted by atomic mass is 16.7. The zero-order valence-electron chi connectivity index (χ0n) is 22.3. The van der Waals surface area contributed by atoms with Crippen molar-refractivity contribution in [1.82, 2.24) is 0 Å². The van der Waals surface area contributed by atoms with Gasteiger partial charge < -0.3 is 19.4 Å². The molecule has 1 heterocycles. The van der Waals surface area contributed by atoms with Crippen molar-refractivity contribution >= 4 is 30.1 Å². The zero-order valence-corrected chi connectivity index (χ0v) is 22.3. The molecule has 1 aliphatic rings. The van der Waals surface area contributed by atoms with Crippen LogP contribution in [0.1, 0.15) is 82.8 Å². The Balaban J connectivity index is 1.87. The lowest BCUT2D eigenvalue weighted by Gasteiger charge is -2.32. The van der Waals surface area contributed by atoms with Crippen LogP contribution in [0.25, 0.3) is 0 Å². The summed E-state index contributed by atoms with van der Waals surface area (Å²) in [6.07, 6.45) is 1.68. The van der Waals surface area contributed by atoms with Gasteiger partial charge in [0.2, 0.25) is 0 Å². The highest BCUT2D eigenvalue weighted by molar-refractivity contribution is 6.64. The topological polar surface area (TPSA) is 73.9 Å². The minimum Gasteiger partial charge on any atom is -0.469 e. The predicted molar refractivity (Wildman–Crippen MR) is 140 cm³/mol. The highest BCUT2D eigenvalue weighted by Crippen LogP contribution is 2.37. The minimum absolute atomic E-state index is 0.0114. The molecule has 1 saturated heterocycles. The van der Waals surface area contributed by atoms with Gasteiger partial charge in [0.1, 0.15) is 0 Å². The van der Waals surface area contributed by atoms with E-state index < -0.39 is 18.3 Å². The fourth-order valence-electron chi connectivity index (χ4n) is 3.90. The van der Waals surface area contributed by atoms with Crippen molar-refractivity contribution in [3.63, 3.8) is 0 Å². The van der Waals surface area contributed by atoms with E-state index in [9.17, 15) is 9.59 Å². The Bertz CT molecular complexity index is 1050. The number of hydrogen-bond acceptors (Lipinski definition) is 5. The van der Waals surface area contributed by atoms with Gasteiger partial charge in [-0.15, -0.1) is 0 Å². The maximum Gasteiger partial charge on any atom is 0.496 e. The molecular formula is C28H38BNO5. The van der Waals surface area contributed by atoms with E-state index in [0.29, 0.717) is 30.5 Å². The largest absolute Gasteiger partial charge is 0.496 e. The first-order chi connectivity index (χ1) is 16.2. The van der Waals surface area contributed by atoms with Gasteiger partial charge in [0, 0.05) is 23.1 Å². The second kappa shape index (κ2) is 10.2. The fraction of sp³-hybridized carbons (Fsp3) is 0.500. The summed E-state index contributed by atoms with van der Waals surface area (Å²) in [6, 6.07) is 13.6. The summed E-state index contributed by atoms with van der Waals surface area (Å²) in [5, 5.41) is 3.08. The number of carbonyl (C=O) groups excluding carboxylic acids is 2. The predicted octanol–water partition coefficient (Wildman–Crippen LogP) is 5.03. The van der Waals surface area contributed by atoms with Gasteiger partial charge in [0.25, 0.3) is 5.91 Å². The fourth-order valence-corrected chi connectivity index (χ4v) is 3.90. The maximum atomic E-state index is 13.2. The molecule has 1 N–H and O–H groups in total. The number of hydrogen-bond donors (Lipinski definition) is 1. The third-order valence-corrected chi connectivity index (χ3v) is 6.96. The molecule has 1 aliphatic heterocycles. The molecule has 1 amide bonds. The third-order valence-electron chi connectivity index (χ3n) is 6.96. The van der Waals surface area contributed by atoms with Crippen molar-refractivity contribution < 1.29 is 23.6 Å². The average Bonchev–Trinajstić information content (AvgIpc) is 2.99. The van der Waals surface area contributed by atoms with E-state index in [2.05, 4.69) is 26.1 Å². The number of methoxy groups -OCH3 is 1. The van der Waals surface area contributed by atoms with Crippen molar-refractivity contribution in [3.05, 3.63) is 59.2 Å². The number of anilines is 1. The Hall–Kier alpha value is -2.64. The van der Waals surface area contributed by atoms with Crippen LogP contribution >= 0.6 is 0 Å². The van der Waals surface area contributed by atoms with Crippen LogP contribution in [0.3, 0.4) is 0 Å². The molecule has 2 aromatic rings. The van der Waals surface area contributed by atoms with Crippen LogP contribution in [0, 0.1) is 0 Å². The first-order valence-corrected chi connectivity index (χ1v) is 12.2. The van der Waals surface area contributed by atoms with Gasteiger partial charge in [0.15, 0.2) is 0 Å². The molecule has 188 valence electrons. The number of amides is 1. The van der Waals surface area contributed by atoms with Crippen molar-refractivity contribution in [3.8, 4) is 0 Å². The molecule has 0 atom stereocenters. The summed E-state index contributed by atoms with van der Waals surface area (Å²) in [5.41, 5.74) is 3.17. The van der Waals surface area contributed by atoms with E-state index in [4.69, 9.17) is 14.0 Å². The molecule has 0 aromatic heterocycles. The first kappa shape index (κ1) is 27.0. The van der Waals surface area contributed by atoms with E-state index in [-0.39, 0.29) is 17.3 Å². The van der Waals surface area contributed by atoms with Crippen molar-refractivity contribution in [1.29, 1.82) is 0 Å². The summed E-state index contributed by atoms with van der Waals surface area (Å²) in [6.45, 7) is 14.4. The smallest absolute Gasteiger partial charge is 0.469 e. The average molecular weight is 479 g/mol. The lowest BCUT2D eigenvalue weighted by Crippen LogP contribution is -2.41. The highest BCUT2D eigenvalue weighted by Gasteiger charge is 2.52. The molecule has 1 fully saturated rings. The Morgan fingerprint density at radius 2 is 1.57 bits per heavy atom. The van der Waals surface area contributed by atoms with E-state index in [1.54, 1.807) is 0 Å². The van der Waals surface area contributed by atoms with Gasteiger partial charge in [0.05, 0.1) is 18.3 Å². The standard InChI is InChI=1S/C28H38BNO5/c1-26(2,3)21-15-13-20(14-16-21)25(32)30-23-18-19(10-9-11-24(31)33-8)12-17-22(23)29-34-27(4,5)28(6,7)35-29/h12-18H,9-11H2,1-8H3,(H,30,32). The molecule has 7 heteroatoms. The number of ether oxygens (including phenoxy) is 1. The lowest BCUT2D eigenvalue weighted by molar-refractivity contribution is -0.140. The molecule has 0 bridgehead atoms. The number of carbonyl (C=O) groups is 2. The van der Waals surface area contributed by atoms with E-state index in [1.807, 2.05) is 70.2 Å². The summed E-state index contributed by atoms with van der Waals surface area (Å²) in [5.74, 6) is -0.430. The van der Waals surface area contributed by atoms with Gasteiger partial charge in [-0.05, 0) is 75.3 Å². The lowest BCUT2D eigenvalue weighted by atomic mass is 9.77. The van der Waals surface area contributed by atoms with Crippen LogP contribution in [0.15, 0.2) is 42.5 Å². The van der Waals surface area contributed by atoms with Crippen LogP contribution < -0.4 is 10.8 Å². The Labute approximate surface area is 209 Å². The number of nitrogens with one attached hydrogen (secondary N) is 1. The third kappa shape index (κ3) is 6.33. The molecule has 0 radical (unpaired) electrons. The van der Waals surface area contributed by atoms with Gasteiger partial charge in [-0.2, -0.15) is 0 Å². The Morgan fingerprint density at radius 3 is 2.11 bits per heavy atom. The molecule has 35 heavy (non-hydrogen) atoms. The number of benzene rings is 2. The number of rotatable bonds is 7. The van der Waals surface area contributed by atoms with E-state index >= 15 is 0 Å². The maximum absolute atomic E-state index is 13.2. The summed E-state index contributed by atoms with van der Waals surface area (Å²) in [7, 11) is 0.784. The second-order valence-electron chi connectivity index (χ2n) is 11.2. The van der Waals surface area contributed by atoms with Crippen LogP contribution in [0.5, 0.6) is 0 Å². The monoisotopic (exact) mass is 479 g/mol. The Kier molecular flexibility index (Phi) is 7.82. The van der Waals surface area contributed by atoms with Gasteiger partial charge in [-0.1, -0.05) is 45.0 Å². The SMILES string of the molecule is COC(=O)CCCc1ccc(B2OC(C)(C)C(C)(C)O2)c(NC(=O)c2ccc(C(C)(C)C)cc2)c1. The van der Waals surface area contributed by atoms with E-state index in [1.165, 1.54) is 12.7 Å². The quantitative estimate of drug-likeness (QED) is 0.446. The van der Waals surface area contributed by atoms with Crippen molar-refractivity contribution in [2.75, 3.05) is 12.4 Å². The molecule has 0 aliphatic carbocycles. The number of aryl methyl sites for hydroxylation is 1. The van der Waals surface area contributed by atoms with E-state index in [0.717, 1.165) is 11.0 Å². The van der Waals surface area contributed by atoms with Gasteiger partial charge >= 0.3 is 13.1 Å². The van der Waals surface area contributed by atoms with Crippen LogP contribution in [-0.2, 0) is 30.7 Å². The molecule has 3 rings (SSSR count). The number of esters is 1. The summed E-state index contributed by atoms with van der Waals surface area (Å²) in [4.78, 5) is 24.7. The molecular weight excluding hydrogens is 441 g/mol. The molecule has 2 aromatic carbocycles. The summed E-state index contributed by atoms with van der Waals surface area (Å²) < 4.78 is 17.3. The normalized spacial score (nSPS) is 16.7. The van der Waals surface area contributed by atoms with Crippen molar-refractivity contribution in [2.24, 2.45) is 0 Å². The Morgan fingerprint density at radius 1 is 0.971 bits per heavy atom. The zero-order chi connectivity index (χ0) is 26.0. The summed E-state index contributed by atoms with van der Waals surface area (Å²) >= 11 is 0. The van der Waals surface area contributed by atoms with Crippen LogP contribution in [0.2, 0.25) is 0 Å². The van der Waals surface area contributed by atoms with Gasteiger partial charge in [-0.25, -0.2) is 0 Å². The van der Waals surface area contributed by atoms with Crippen LogP contribution in [0.4, 0.5) is 5.69 Å². The molecule has 0 unspecified atom stereocenters. The second-order valence-corrected chi connectivity index (χ2v) is 11.2. The van der Waals surface area contributed by atoms with Crippen molar-refractivity contribution in [2.45, 2.75) is 84.3 Å². The first-order valence-electron chi connectivity index (χ1n) is 12.2. The molecule has 0 spiro atoms. The molecule has 0 saturated carbocycles.